The standard InChI is InChI=1S/C9H12F3NO4S/c10-9(11,12)7-5-6(8(14)17-7)18(15,16)13-3-1-2-4-13/h6-7H,1-5H2. The average molecular weight is 287 g/mol. The first-order valence-corrected chi connectivity index (χ1v) is 6.99. The maximum Gasteiger partial charge on any atom is 0.425 e. The van der Waals surface area contributed by atoms with Gasteiger partial charge in [-0.3, -0.25) is 4.79 Å². The van der Waals surface area contributed by atoms with Crippen LogP contribution in [-0.2, 0) is 19.6 Å². The minimum Gasteiger partial charge on any atom is -0.452 e. The molecule has 0 saturated carbocycles. The normalized spacial score (nSPS) is 30.7. The second kappa shape index (κ2) is 4.37. The van der Waals surface area contributed by atoms with Crippen molar-refractivity contribution >= 4 is 16.0 Å². The van der Waals surface area contributed by atoms with Crippen LogP contribution in [0.3, 0.4) is 0 Å². The van der Waals surface area contributed by atoms with Gasteiger partial charge in [-0.05, 0) is 12.8 Å². The molecule has 2 aliphatic heterocycles. The fraction of sp³-hybridized carbons (Fsp3) is 0.889. The van der Waals surface area contributed by atoms with Crippen molar-refractivity contribution in [2.24, 2.45) is 0 Å². The van der Waals surface area contributed by atoms with E-state index in [4.69, 9.17) is 0 Å². The third kappa shape index (κ3) is 2.33. The Morgan fingerprint density at radius 1 is 1.22 bits per heavy atom. The first-order chi connectivity index (χ1) is 8.23. The molecule has 5 nitrogen and oxygen atoms in total. The molecule has 18 heavy (non-hydrogen) atoms. The molecule has 9 heteroatoms. The van der Waals surface area contributed by atoms with Gasteiger partial charge in [0.2, 0.25) is 10.0 Å². The van der Waals surface area contributed by atoms with E-state index in [1.54, 1.807) is 0 Å². The Morgan fingerprint density at radius 3 is 2.22 bits per heavy atom. The van der Waals surface area contributed by atoms with Gasteiger partial charge in [-0.15, -0.1) is 0 Å². The molecule has 0 radical (unpaired) electrons. The molecule has 2 unspecified atom stereocenters. The maximum absolute atomic E-state index is 12.4. The highest BCUT2D eigenvalue weighted by molar-refractivity contribution is 7.90. The van der Waals surface area contributed by atoms with Crippen LogP contribution in [-0.4, -0.2) is 49.3 Å². The lowest BCUT2D eigenvalue weighted by Gasteiger charge is -2.18. The summed E-state index contributed by atoms with van der Waals surface area (Å²) in [7, 11) is -4.02. The number of carbonyl (C=O) groups excluding carboxylic acids is 1. The van der Waals surface area contributed by atoms with Crippen LogP contribution >= 0.6 is 0 Å². The number of nitrogens with zero attached hydrogens (tertiary/aromatic N) is 1. The van der Waals surface area contributed by atoms with Crippen molar-refractivity contribution in [2.45, 2.75) is 36.8 Å². The lowest BCUT2D eigenvalue weighted by molar-refractivity contribution is -0.209. The topological polar surface area (TPSA) is 63.7 Å². The summed E-state index contributed by atoms with van der Waals surface area (Å²) in [5.41, 5.74) is 0. The Kier molecular flexibility index (Phi) is 3.30. The number of hydrogen-bond donors (Lipinski definition) is 0. The molecule has 2 fully saturated rings. The van der Waals surface area contributed by atoms with Gasteiger partial charge in [0.25, 0.3) is 0 Å². The first kappa shape index (κ1) is 13.6. The van der Waals surface area contributed by atoms with Crippen LogP contribution in [0.5, 0.6) is 0 Å². The fourth-order valence-electron chi connectivity index (χ4n) is 2.12. The number of sulfonamides is 1. The molecule has 104 valence electrons. The predicted molar refractivity (Wildman–Crippen MR) is 54.1 cm³/mol. The number of ether oxygens (including phenoxy) is 1. The molecular weight excluding hydrogens is 275 g/mol. The molecule has 0 aromatic carbocycles. The maximum atomic E-state index is 12.4. The van der Waals surface area contributed by atoms with Crippen molar-refractivity contribution < 1.29 is 31.1 Å². The van der Waals surface area contributed by atoms with Gasteiger partial charge in [-0.25, -0.2) is 12.7 Å². The number of alkyl halides is 3. The van der Waals surface area contributed by atoms with E-state index in [9.17, 15) is 26.4 Å². The van der Waals surface area contributed by atoms with Gasteiger partial charge in [0.15, 0.2) is 11.4 Å². The molecule has 2 rings (SSSR count). The lowest BCUT2D eigenvalue weighted by atomic mass is 10.2. The van der Waals surface area contributed by atoms with Gasteiger partial charge in [-0.2, -0.15) is 13.2 Å². The van der Waals surface area contributed by atoms with Gasteiger partial charge >= 0.3 is 12.1 Å². The van der Waals surface area contributed by atoms with Gasteiger partial charge in [-0.1, -0.05) is 0 Å². The summed E-state index contributed by atoms with van der Waals surface area (Å²) in [6.45, 7) is 0.506. The largest absolute Gasteiger partial charge is 0.452 e. The Balaban J connectivity index is 2.17. The van der Waals surface area contributed by atoms with E-state index in [1.807, 2.05) is 0 Å². The molecule has 0 aromatic rings. The second-order valence-electron chi connectivity index (χ2n) is 4.34. The van der Waals surface area contributed by atoms with Crippen LogP contribution in [0.2, 0.25) is 0 Å². The number of cyclic esters (lactones) is 1. The van der Waals surface area contributed by atoms with Crippen molar-refractivity contribution in [3.05, 3.63) is 0 Å². The smallest absolute Gasteiger partial charge is 0.425 e. The van der Waals surface area contributed by atoms with E-state index >= 15 is 0 Å². The molecule has 2 heterocycles. The summed E-state index contributed by atoms with van der Waals surface area (Å²) < 4.78 is 66.3. The number of halogens is 3. The van der Waals surface area contributed by atoms with Crippen molar-refractivity contribution in [3.63, 3.8) is 0 Å². The van der Waals surface area contributed by atoms with Gasteiger partial charge in [0, 0.05) is 19.5 Å². The van der Waals surface area contributed by atoms with Crippen molar-refractivity contribution in [2.75, 3.05) is 13.1 Å². The van der Waals surface area contributed by atoms with E-state index in [0.717, 1.165) is 4.31 Å². The quantitative estimate of drug-likeness (QED) is 0.700. The molecule has 2 atom stereocenters. The number of rotatable bonds is 2. The minimum absolute atomic E-state index is 0.253. The summed E-state index contributed by atoms with van der Waals surface area (Å²) in [6, 6.07) is 0. The van der Waals surface area contributed by atoms with E-state index < -0.39 is 39.9 Å². The van der Waals surface area contributed by atoms with Crippen LogP contribution in [0.1, 0.15) is 19.3 Å². The third-order valence-electron chi connectivity index (χ3n) is 3.10. The van der Waals surface area contributed by atoms with E-state index in [1.165, 1.54) is 0 Å². The summed E-state index contributed by atoms with van der Waals surface area (Å²) in [5.74, 6) is -1.30. The molecule has 0 aromatic heterocycles. The average Bonchev–Trinajstić information content (AvgIpc) is 2.83. The summed E-state index contributed by atoms with van der Waals surface area (Å²) in [6.07, 6.45) is -6.56. The highest BCUT2D eigenvalue weighted by atomic mass is 32.2. The molecule has 0 amide bonds. The monoisotopic (exact) mass is 287 g/mol. The Bertz CT molecular complexity index is 441. The van der Waals surface area contributed by atoms with E-state index in [-0.39, 0.29) is 13.1 Å². The molecule has 0 spiro atoms. The fourth-order valence-corrected chi connectivity index (χ4v) is 3.96. The van der Waals surface area contributed by atoms with Crippen LogP contribution in [0.15, 0.2) is 0 Å². The van der Waals surface area contributed by atoms with Crippen molar-refractivity contribution in [3.8, 4) is 0 Å². The van der Waals surface area contributed by atoms with Gasteiger partial charge in [0.1, 0.15) is 0 Å². The summed E-state index contributed by atoms with van der Waals surface area (Å²) in [4.78, 5) is 11.3. The molecule has 0 N–H and O–H groups in total. The van der Waals surface area contributed by atoms with Crippen LogP contribution in [0.25, 0.3) is 0 Å². The number of esters is 1. The number of carbonyl (C=O) groups is 1. The SMILES string of the molecule is O=C1OC(C(F)(F)F)CC1S(=O)(=O)N1CCCC1. The zero-order valence-corrected chi connectivity index (χ0v) is 10.1. The lowest BCUT2D eigenvalue weighted by Crippen LogP contribution is -2.39. The molecule has 0 aliphatic carbocycles. The third-order valence-corrected chi connectivity index (χ3v) is 5.29. The van der Waals surface area contributed by atoms with Crippen LogP contribution in [0.4, 0.5) is 13.2 Å². The Morgan fingerprint density at radius 2 is 1.78 bits per heavy atom. The number of hydrogen-bond acceptors (Lipinski definition) is 4. The zero-order chi connectivity index (χ0) is 13.6. The summed E-state index contributed by atoms with van der Waals surface area (Å²) in [5, 5.41) is -1.72. The minimum atomic E-state index is -4.72. The van der Waals surface area contributed by atoms with E-state index in [2.05, 4.69) is 4.74 Å². The molecule has 2 saturated heterocycles. The van der Waals surface area contributed by atoms with Gasteiger partial charge < -0.3 is 4.74 Å². The zero-order valence-electron chi connectivity index (χ0n) is 9.31. The molecule has 0 bridgehead atoms. The Labute approximate surface area is 102 Å². The van der Waals surface area contributed by atoms with Gasteiger partial charge in [0.05, 0.1) is 0 Å². The van der Waals surface area contributed by atoms with Crippen molar-refractivity contribution in [1.82, 2.24) is 4.31 Å². The Hall–Kier alpha value is -0.830. The first-order valence-electron chi connectivity index (χ1n) is 5.49. The predicted octanol–water partition coefficient (Wildman–Crippen LogP) is 0.658. The van der Waals surface area contributed by atoms with Crippen LogP contribution < -0.4 is 0 Å². The van der Waals surface area contributed by atoms with Crippen molar-refractivity contribution in [1.29, 1.82) is 0 Å². The van der Waals surface area contributed by atoms with Crippen LogP contribution in [0, 0.1) is 0 Å². The highest BCUT2D eigenvalue weighted by Crippen LogP contribution is 2.34. The molecule has 2 aliphatic rings. The summed E-state index contributed by atoms with van der Waals surface area (Å²) >= 11 is 0. The highest BCUT2D eigenvalue weighted by Gasteiger charge is 2.55. The van der Waals surface area contributed by atoms with E-state index in [0.29, 0.717) is 12.8 Å². The molecular formula is C9H12F3NO4S. The second-order valence-corrected chi connectivity index (χ2v) is 6.46.